The minimum atomic E-state index is -0.816. The molecular formula is C9H10O4. The van der Waals surface area contributed by atoms with Crippen LogP contribution in [0.4, 0.5) is 4.79 Å². The van der Waals surface area contributed by atoms with Crippen LogP contribution in [-0.2, 0) is 4.74 Å². The second-order valence-corrected chi connectivity index (χ2v) is 2.25. The summed E-state index contributed by atoms with van der Waals surface area (Å²) in [5, 5.41) is 9.19. The number of phenols is 1. The van der Waals surface area contributed by atoms with Crippen molar-refractivity contribution in [3.8, 4) is 11.5 Å². The van der Waals surface area contributed by atoms with Gasteiger partial charge in [-0.3, -0.25) is 0 Å². The molecule has 0 aliphatic heterocycles. The lowest BCUT2D eigenvalue weighted by molar-refractivity contribution is 0.103. The first-order chi connectivity index (χ1) is 6.24. The van der Waals surface area contributed by atoms with E-state index in [2.05, 4.69) is 9.47 Å². The molecule has 0 aromatic heterocycles. The summed E-state index contributed by atoms with van der Waals surface area (Å²) in [6, 6.07) is 6.18. The van der Waals surface area contributed by atoms with Gasteiger partial charge in [0.2, 0.25) is 0 Å². The van der Waals surface area contributed by atoms with E-state index in [4.69, 9.17) is 0 Å². The minimum absolute atomic E-state index is 0.0875. The molecule has 0 amide bonds. The van der Waals surface area contributed by atoms with Gasteiger partial charge < -0.3 is 14.6 Å². The molecule has 0 fully saturated rings. The van der Waals surface area contributed by atoms with Crippen LogP contribution in [-0.4, -0.2) is 17.9 Å². The molecule has 4 nitrogen and oxygen atoms in total. The van der Waals surface area contributed by atoms with Gasteiger partial charge in [-0.2, -0.15) is 0 Å². The zero-order chi connectivity index (χ0) is 9.68. The molecule has 0 aliphatic rings. The van der Waals surface area contributed by atoms with E-state index in [0.29, 0.717) is 0 Å². The fourth-order valence-corrected chi connectivity index (χ4v) is 0.781. The molecule has 0 heterocycles. The number of para-hydroxylation sites is 2. The molecule has 0 atom stereocenters. The summed E-state index contributed by atoms with van der Waals surface area (Å²) < 4.78 is 9.20. The summed E-state index contributed by atoms with van der Waals surface area (Å²) in [5.74, 6) is 0.0107. The van der Waals surface area contributed by atoms with E-state index in [1.54, 1.807) is 19.1 Å². The molecule has 0 bridgehead atoms. The summed E-state index contributed by atoms with van der Waals surface area (Å²) >= 11 is 0. The van der Waals surface area contributed by atoms with Crippen LogP contribution in [0.2, 0.25) is 0 Å². The molecule has 0 saturated carbocycles. The Balaban J connectivity index is 2.63. The molecule has 0 radical (unpaired) electrons. The van der Waals surface area contributed by atoms with E-state index in [0.717, 1.165) is 0 Å². The van der Waals surface area contributed by atoms with Gasteiger partial charge in [0.25, 0.3) is 0 Å². The van der Waals surface area contributed by atoms with Crippen LogP contribution in [0.25, 0.3) is 0 Å². The smallest absolute Gasteiger partial charge is 0.504 e. The number of ether oxygens (including phenoxy) is 2. The van der Waals surface area contributed by atoms with Gasteiger partial charge in [-0.25, -0.2) is 4.79 Å². The van der Waals surface area contributed by atoms with Crippen molar-refractivity contribution in [3.05, 3.63) is 24.3 Å². The molecule has 1 aromatic rings. The van der Waals surface area contributed by atoms with Crippen LogP contribution in [0.5, 0.6) is 11.5 Å². The second-order valence-electron chi connectivity index (χ2n) is 2.25. The van der Waals surface area contributed by atoms with Gasteiger partial charge >= 0.3 is 6.16 Å². The Morgan fingerprint density at radius 3 is 2.77 bits per heavy atom. The number of phenolic OH excluding ortho intramolecular Hbond substituents is 1. The van der Waals surface area contributed by atoms with E-state index < -0.39 is 6.16 Å². The van der Waals surface area contributed by atoms with E-state index in [1.165, 1.54) is 12.1 Å². The number of aromatic hydroxyl groups is 1. The molecule has 0 aliphatic carbocycles. The summed E-state index contributed by atoms with van der Waals surface area (Å²) in [6.07, 6.45) is -0.816. The van der Waals surface area contributed by atoms with Crippen molar-refractivity contribution in [2.45, 2.75) is 6.92 Å². The van der Waals surface area contributed by atoms with Crippen molar-refractivity contribution in [2.75, 3.05) is 6.61 Å². The molecule has 13 heavy (non-hydrogen) atoms. The van der Waals surface area contributed by atoms with Crippen LogP contribution in [0.3, 0.4) is 0 Å². The molecule has 0 unspecified atom stereocenters. The average molecular weight is 182 g/mol. The van der Waals surface area contributed by atoms with Crippen LogP contribution >= 0.6 is 0 Å². The van der Waals surface area contributed by atoms with Gasteiger partial charge in [-0.1, -0.05) is 12.1 Å². The third kappa shape index (κ3) is 2.66. The zero-order valence-electron chi connectivity index (χ0n) is 7.19. The molecule has 70 valence electrons. The Hall–Kier alpha value is -1.71. The number of carbonyl (C=O) groups excluding carboxylic acids is 1. The minimum Gasteiger partial charge on any atom is -0.504 e. The third-order valence-electron chi connectivity index (χ3n) is 1.32. The second kappa shape index (κ2) is 4.35. The van der Waals surface area contributed by atoms with Crippen molar-refractivity contribution < 1.29 is 19.4 Å². The van der Waals surface area contributed by atoms with Crippen molar-refractivity contribution in [1.29, 1.82) is 0 Å². The first kappa shape index (κ1) is 9.38. The van der Waals surface area contributed by atoms with Gasteiger partial charge in [0.05, 0.1) is 6.61 Å². The molecular weight excluding hydrogens is 172 g/mol. The number of carbonyl (C=O) groups is 1. The van der Waals surface area contributed by atoms with E-state index in [-0.39, 0.29) is 18.1 Å². The summed E-state index contributed by atoms with van der Waals surface area (Å²) in [4.78, 5) is 10.8. The van der Waals surface area contributed by atoms with Gasteiger partial charge in [0, 0.05) is 0 Å². The third-order valence-corrected chi connectivity index (χ3v) is 1.32. The molecule has 1 rings (SSSR count). The lowest BCUT2D eigenvalue weighted by atomic mass is 10.3. The molecule has 0 spiro atoms. The highest BCUT2D eigenvalue weighted by Crippen LogP contribution is 2.24. The lowest BCUT2D eigenvalue weighted by Gasteiger charge is -2.04. The highest BCUT2D eigenvalue weighted by molar-refractivity contribution is 5.65. The topological polar surface area (TPSA) is 55.8 Å². The van der Waals surface area contributed by atoms with Crippen molar-refractivity contribution in [3.63, 3.8) is 0 Å². The van der Waals surface area contributed by atoms with Crippen LogP contribution in [0, 0.1) is 0 Å². The van der Waals surface area contributed by atoms with Crippen LogP contribution in [0.15, 0.2) is 24.3 Å². The van der Waals surface area contributed by atoms with Gasteiger partial charge in [-0.05, 0) is 19.1 Å². The maximum absolute atomic E-state index is 10.8. The fraction of sp³-hybridized carbons (Fsp3) is 0.222. The Labute approximate surface area is 75.7 Å². The predicted octanol–water partition coefficient (Wildman–Crippen LogP) is 1.93. The summed E-state index contributed by atoms with van der Waals surface area (Å²) in [7, 11) is 0. The first-order valence-electron chi connectivity index (χ1n) is 3.86. The Morgan fingerprint density at radius 2 is 2.15 bits per heavy atom. The highest BCUT2D eigenvalue weighted by Gasteiger charge is 2.07. The quantitative estimate of drug-likeness (QED) is 0.560. The van der Waals surface area contributed by atoms with E-state index in [9.17, 15) is 9.90 Å². The Bertz CT molecular complexity index is 295. The fourth-order valence-electron chi connectivity index (χ4n) is 0.781. The van der Waals surface area contributed by atoms with Gasteiger partial charge in [0.15, 0.2) is 11.5 Å². The van der Waals surface area contributed by atoms with Crippen LogP contribution < -0.4 is 4.74 Å². The number of rotatable bonds is 2. The molecule has 1 N–H and O–H groups in total. The Kier molecular flexibility index (Phi) is 3.14. The largest absolute Gasteiger partial charge is 0.513 e. The van der Waals surface area contributed by atoms with Gasteiger partial charge in [-0.15, -0.1) is 0 Å². The summed E-state index contributed by atoms with van der Waals surface area (Å²) in [6.45, 7) is 1.92. The van der Waals surface area contributed by atoms with E-state index >= 15 is 0 Å². The number of hydrogen-bond donors (Lipinski definition) is 1. The average Bonchev–Trinajstić information content (AvgIpc) is 2.09. The number of hydrogen-bond acceptors (Lipinski definition) is 4. The monoisotopic (exact) mass is 182 g/mol. The zero-order valence-corrected chi connectivity index (χ0v) is 7.19. The SMILES string of the molecule is CCOC(=O)Oc1ccccc1O. The maximum Gasteiger partial charge on any atom is 0.513 e. The van der Waals surface area contributed by atoms with Crippen molar-refractivity contribution in [2.24, 2.45) is 0 Å². The normalized spacial score (nSPS) is 9.31. The predicted molar refractivity (Wildman–Crippen MR) is 45.8 cm³/mol. The number of benzene rings is 1. The van der Waals surface area contributed by atoms with Gasteiger partial charge in [0.1, 0.15) is 0 Å². The molecule has 1 aromatic carbocycles. The lowest BCUT2D eigenvalue weighted by Crippen LogP contribution is -2.09. The summed E-state index contributed by atoms with van der Waals surface area (Å²) in [5.41, 5.74) is 0. The molecule has 4 heteroatoms. The van der Waals surface area contributed by atoms with Crippen LogP contribution in [0.1, 0.15) is 6.92 Å². The van der Waals surface area contributed by atoms with E-state index in [1.807, 2.05) is 0 Å². The first-order valence-corrected chi connectivity index (χ1v) is 3.86. The maximum atomic E-state index is 10.8. The van der Waals surface area contributed by atoms with Crippen molar-refractivity contribution >= 4 is 6.16 Å². The Morgan fingerprint density at radius 1 is 1.46 bits per heavy atom. The highest BCUT2D eigenvalue weighted by atomic mass is 16.7. The molecule has 0 saturated heterocycles. The van der Waals surface area contributed by atoms with Crippen molar-refractivity contribution in [1.82, 2.24) is 0 Å². The standard InChI is InChI=1S/C9H10O4/c1-2-12-9(11)13-8-6-4-3-5-7(8)10/h3-6,10H,2H2,1H3.